The van der Waals surface area contributed by atoms with Crippen LogP contribution in [0.5, 0.6) is 0 Å². The Kier molecular flexibility index (Phi) is 5.70. The van der Waals surface area contributed by atoms with E-state index in [1.54, 1.807) is 0 Å². The normalized spacial score (nSPS) is 12.8. The Morgan fingerprint density at radius 1 is 0.828 bits per heavy atom. The number of anilines is 1. The van der Waals surface area contributed by atoms with Crippen LogP contribution < -0.4 is 5.32 Å². The number of carbonyl (C=O) groups is 1. The fourth-order valence-electron chi connectivity index (χ4n) is 2.85. The van der Waals surface area contributed by atoms with Crippen LogP contribution in [-0.2, 0) is 5.67 Å². The largest absolute Gasteiger partial charge is 0.435 e. The zero-order valence-corrected chi connectivity index (χ0v) is 15.3. The Hall–Kier alpha value is -2.65. The lowest BCUT2D eigenvalue weighted by Crippen LogP contribution is -2.50. The van der Waals surface area contributed by atoms with Crippen molar-refractivity contribution >= 4 is 11.6 Å². The molecule has 10 heteroatoms. The van der Waals surface area contributed by atoms with Crippen molar-refractivity contribution in [3.63, 3.8) is 0 Å². The summed E-state index contributed by atoms with van der Waals surface area (Å²) in [6, 6.07) is 4.69. The lowest BCUT2D eigenvalue weighted by molar-refractivity contribution is -0.348. The first-order chi connectivity index (χ1) is 13.1. The number of rotatable bonds is 3. The molecule has 0 spiro atoms. The van der Waals surface area contributed by atoms with E-state index in [-0.39, 0.29) is 27.9 Å². The standard InChI is InChI=1S/C19H15F8NO/c1-9-5-4-6-13(14(9)20)16(29)28-15-10(2)7-12(8-11(15)3)17(21,18(22,23)24)19(25,26)27/h4-8H,1-3H3,(H,28,29). The molecular weight excluding hydrogens is 410 g/mol. The number of hydrogen-bond donors (Lipinski definition) is 1. The molecule has 0 aliphatic carbocycles. The Bertz CT molecular complexity index is 909. The first-order valence-electron chi connectivity index (χ1n) is 8.11. The van der Waals surface area contributed by atoms with Crippen molar-refractivity contribution in [2.75, 3.05) is 5.32 Å². The molecule has 2 aromatic rings. The highest BCUT2D eigenvalue weighted by atomic mass is 19.4. The molecular formula is C19H15F8NO. The molecule has 29 heavy (non-hydrogen) atoms. The predicted octanol–water partition coefficient (Wildman–Crippen LogP) is 6.29. The maximum atomic E-state index is 14.3. The van der Waals surface area contributed by atoms with Crippen molar-refractivity contribution in [1.29, 1.82) is 0 Å². The van der Waals surface area contributed by atoms with E-state index in [1.807, 2.05) is 0 Å². The topological polar surface area (TPSA) is 29.1 Å². The molecule has 1 N–H and O–H groups in total. The van der Waals surface area contributed by atoms with Gasteiger partial charge in [-0.2, -0.15) is 26.3 Å². The number of amides is 1. The van der Waals surface area contributed by atoms with E-state index in [2.05, 4.69) is 5.32 Å². The molecule has 0 saturated carbocycles. The number of aryl methyl sites for hydroxylation is 3. The molecule has 0 aromatic heterocycles. The van der Waals surface area contributed by atoms with Gasteiger partial charge < -0.3 is 5.32 Å². The van der Waals surface area contributed by atoms with Gasteiger partial charge in [-0.25, -0.2) is 8.78 Å². The van der Waals surface area contributed by atoms with Gasteiger partial charge in [0.25, 0.3) is 5.91 Å². The highest BCUT2D eigenvalue weighted by Crippen LogP contribution is 2.53. The molecule has 0 atom stereocenters. The van der Waals surface area contributed by atoms with Crippen LogP contribution >= 0.6 is 0 Å². The van der Waals surface area contributed by atoms with Crippen molar-refractivity contribution in [2.45, 2.75) is 38.8 Å². The molecule has 2 aromatic carbocycles. The summed E-state index contributed by atoms with van der Waals surface area (Å²) in [5.41, 5.74) is -8.09. The monoisotopic (exact) mass is 425 g/mol. The number of nitrogens with one attached hydrogen (secondary N) is 1. The van der Waals surface area contributed by atoms with Gasteiger partial charge in [0.05, 0.1) is 5.56 Å². The summed E-state index contributed by atoms with van der Waals surface area (Å²) in [6.45, 7) is 3.62. The van der Waals surface area contributed by atoms with Gasteiger partial charge in [0, 0.05) is 11.3 Å². The quantitative estimate of drug-likeness (QED) is 0.575. The smallest absolute Gasteiger partial charge is 0.321 e. The second kappa shape index (κ2) is 7.31. The van der Waals surface area contributed by atoms with E-state index in [1.165, 1.54) is 19.1 Å². The van der Waals surface area contributed by atoms with Crippen molar-refractivity contribution in [3.05, 3.63) is 64.0 Å². The molecule has 0 aliphatic rings. The second-order valence-corrected chi connectivity index (χ2v) is 6.53. The molecule has 0 saturated heterocycles. The Labute approximate surface area is 160 Å². The highest BCUT2D eigenvalue weighted by Gasteiger charge is 2.73. The summed E-state index contributed by atoms with van der Waals surface area (Å²) in [7, 11) is 0. The van der Waals surface area contributed by atoms with Gasteiger partial charge in [-0.15, -0.1) is 0 Å². The van der Waals surface area contributed by atoms with Gasteiger partial charge in [-0.3, -0.25) is 4.79 Å². The van der Waals surface area contributed by atoms with Crippen molar-refractivity contribution in [3.8, 4) is 0 Å². The Morgan fingerprint density at radius 2 is 1.31 bits per heavy atom. The molecule has 1 amide bonds. The van der Waals surface area contributed by atoms with Gasteiger partial charge in [-0.1, -0.05) is 24.3 Å². The van der Waals surface area contributed by atoms with Crippen LogP contribution in [0.15, 0.2) is 30.3 Å². The van der Waals surface area contributed by atoms with Gasteiger partial charge in [0.2, 0.25) is 0 Å². The molecule has 2 nitrogen and oxygen atoms in total. The number of alkyl halides is 7. The minimum atomic E-state index is -6.25. The zero-order chi connectivity index (χ0) is 22.4. The van der Waals surface area contributed by atoms with Crippen molar-refractivity contribution in [1.82, 2.24) is 0 Å². The molecule has 0 radical (unpaired) electrons. The molecule has 158 valence electrons. The fraction of sp³-hybridized carbons (Fsp3) is 0.316. The van der Waals surface area contributed by atoms with E-state index in [9.17, 15) is 39.9 Å². The van der Waals surface area contributed by atoms with Crippen LogP contribution in [0.2, 0.25) is 0 Å². The van der Waals surface area contributed by atoms with Crippen LogP contribution in [0.25, 0.3) is 0 Å². The second-order valence-electron chi connectivity index (χ2n) is 6.53. The number of halogens is 8. The highest BCUT2D eigenvalue weighted by molar-refractivity contribution is 6.05. The number of hydrogen-bond acceptors (Lipinski definition) is 1. The van der Waals surface area contributed by atoms with E-state index >= 15 is 0 Å². The van der Waals surface area contributed by atoms with E-state index in [0.29, 0.717) is 12.1 Å². The predicted molar refractivity (Wildman–Crippen MR) is 89.9 cm³/mol. The maximum Gasteiger partial charge on any atom is 0.435 e. The van der Waals surface area contributed by atoms with Crippen molar-refractivity contribution in [2.24, 2.45) is 0 Å². The Morgan fingerprint density at radius 3 is 1.76 bits per heavy atom. The average molecular weight is 425 g/mol. The van der Waals surface area contributed by atoms with Crippen LogP contribution in [0.1, 0.15) is 32.6 Å². The first-order valence-corrected chi connectivity index (χ1v) is 8.11. The average Bonchev–Trinajstić information content (AvgIpc) is 2.57. The molecule has 0 aliphatic heterocycles. The third-order valence-electron chi connectivity index (χ3n) is 4.39. The molecule has 0 unspecified atom stereocenters. The van der Waals surface area contributed by atoms with E-state index in [0.717, 1.165) is 19.9 Å². The Balaban J connectivity index is 2.52. The van der Waals surface area contributed by atoms with Crippen LogP contribution in [0.4, 0.5) is 40.8 Å². The van der Waals surface area contributed by atoms with Gasteiger partial charge in [0.15, 0.2) is 0 Å². The summed E-state index contributed by atoms with van der Waals surface area (Å²) in [5.74, 6) is -1.78. The van der Waals surface area contributed by atoms with Crippen LogP contribution in [0, 0.1) is 26.6 Å². The lowest BCUT2D eigenvalue weighted by Gasteiger charge is -2.31. The third-order valence-corrected chi connectivity index (χ3v) is 4.39. The first kappa shape index (κ1) is 22.6. The van der Waals surface area contributed by atoms with Crippen LogP contribution in [0.3, 0.4) is 0 Å². The van der Waals surface area contributed by atoms with Gasteiger partial charge >= 0.3 is 18.0 Å². The minimum absolute atomic E-state index is 0.147. The lowest BCUT2D eigenvalue weighted by atomic mass is 9.90. The number of benzene rings is 2. The van der Waals surface area contributed by atoms with Gasteiger partial charge in [-0.05, 0) is 43.5 Å². The molecule has 0 heterocycles. The zero-order valence-electron chi connectivity index (χ0n) is 15.3. The summed E-state index contributed by atoms with van der Waals surface area (Å²) < 4.78 is 106. The summed E-state index contributed by atoms with van der Waals surface area (Å²) in [4.78, 5) is 12.3. The molecule has 0 fully saturated rings. The molecule has 2 rings (SSSR count). The SMILES string of the molecule is Cc1cccc(C(=O)Nc2c(C)cc(C(F)(C(F)(F)F)C(F)(F)F)cc2C)c1F. The third kappa shape index (κ3) is 3.92. The van der Waals surface area contributed by atoms with E-state index < -0.39 is 35.3 Å². The summed E-state index contributed by atoms with van der Waals surface area (Å²) >= 11 is 0. The minimum Gasteiger partial charge on any atom is -0.321 e. The summed E-state index contributed by atoms with van der Waals surface area (Å²) in [6.07, 6.45) is -12.5. The van der Waals surface area contributed by atoms with E-state index in [4.69, 9.17) is 0 Å². The number of carbonyl (C=O) groups excluding carboxylic acids is 1. The van der Waals surface area contributed by atoms with Crippen LogP contribution in [-0.4, -0.2) is 18.3 Å². The fourth-order valence-corrected chi connectivity index (χ4v) is 2.85. The van der Waals surface area contributed by atoms with Gasteiger partial charge in [0.1, 0.15) is 5.82 Å². The van der Waals surface area contributed by atoms with Crippen molar-refractivity contribution < 1.29 is 39.9 Å². The molecule has 0 bridgehead atoms. The summed E-state index contributed by atoms with van der Waals surface area (Å²) in [5, 5.41) is 2.26. The maximum absolute atomic E-state index is 14.3.